The van der Waals surface area contributed by atoms with E-state index in [4.69, 9.17) is 11.6 Å². The highest BCUT2D eigenvalue weighted by Crippen LogP contribution is 2.24. The van der Waals surface area contributed by atoms with Crippen LogP contribution in [-0.4, -0.2) is 26.8 Å². The fourth-order valence-electron chi connectivity index (χ4n) is 2.91. The molecule has 1 aliphatic heterocycles. The van der Waals surface area contributed by atoms with Gasteiger partial charge in [-0.25, -0.2) is 13.1 Å². The molecule has 0 bridgehead atoms. The van der Waals surface area contributed by atoms with Gasteiger partial charge < -0.3 is 0 Å². The summed E-state index contributed by atoms with van der Waals surface area (Å²) in [6.45, 7) is 0.276. The van der Waals surface area contributed by atoms with Crippen LogP contribution in [0.25, 0.3) is 0 Å². The number of imide groups is 1. The van der Waals surface area contributed by atoms with Crippen LogP contribution in [0.4, 0.5) is 5.69 Å². The van der Waals surface area contributed by atoms with Crippen molar-refractivity contribution in [1.29, 1.82) is 0 Å². The second-order valence-electron chi connectivity index (χ2n) is 6.21. The van der Waals surface area contributed by atoms with Crippen molar-refractivity contribution in [3.8, 4) is 0 Å². The number of carbonyl (C=O) groups is 2. The molecule has 1 fully saturated rings. The number of nitrogens with one attached hydrogen (secondary N) is 1. The topological polar surface area (TPSA) is 83.6 Å². The van der Waals surface area contributed by atoms with Gasteiger partial charge in [-0.2, -0.15) is 0 Å². The second-order valence-corrected chi connectivity index (χ2v) is 8.38. The van der Waals surface area contributed by atoms with Gasteiger partial charge in [-0.3, -0.25) is 14.5 Å². The van der Waals surface area contributed by atoms with Gasteiger partial charge in [-0.15, -0.1) is 0 Å². The SMILES string of the molecule is O=C1CCC(=O)N1c1ccc(S(=O)(=O)NCCCc2ccccc2Cl)cc1. The van der Waals surface area contributed by atoms with Crippen LogP contribution in [0.1, 0.15) is 24.8 Å². The summed E-state index contributed by atoms with van der Waals surface area (Å²) >= 11 is 6.09. The first-order valence-corrected chi connectivity index (χ1v) is 10.4. The lowest BCUT2D eigenvalue weighted by atomic mass is 10.1. The van der Waals surface area contributed by atoms with Gasteiger partial charge >= 0.3 is 0 Å². The Bertz CT molecular complexity index is 942. The van der Waals surface area contributed by atoms with Crippen LogP contribution < -0.4 is 9.62 Å². The number of halogens is 1. The molecule has 0 aromatic heterocycles. The van der Waals surface area contributed by atoms with Gasteiger partial charge in [0.05, 0.1) is 10.6 Å². The Hall–Kier alpha value is -2.22. The number of hydrogen-bond acceptors (Lipinski definition) is 4. The molecule has 2 aromatic rings. The lowest BCUT2D eigenvalue weighted by Gasteiger charge is -2.14. The second kappa shape index (κ2) is 8.21. The molecule has 1 aliphatic rings. The predicted octanol–water partition coefficient (Wildman–Crippen LogP) is 2.90. The number of sulfonamides is 1. The average molecular weight is 407 g/mol. The third-order valence-electron chi connectivity index (χ3n) is 4.33. The zero-order chi connectivity index (χ0) is 19.4. The molecule has 6 nitrogen and oxygen atoms in total. The smallest absolute Gasteiger partial charge is 0.240 e. The molecule has 3 rings (SSSR count). The Morgan fingerprint density at radius 3 is 2.22 bits per heavy atom. The molecule has 0 spiro atoms. The number of rotatable bonds is 7. The Morgan fingerprint density at radius 1 is 0.963 bits per heavy atom. The fraction of sp³-hybridized carbons (Fsp3) is 0.263. The quantitative estimate of drug-likeness (QED) is 0.566. The summed E-state index contributed by atoms with van der Waals surface area (Å²) in [6.07, 6.45) is 1.65. The molecule has 0 unspecified atom stereocenters. The minimum atomic E-state index is -3.66. The van der Waals surface area contributed by atoms with E-state index in [1.807, 2.05) is 18.2 Å². The maximum Gasteiger partial charge on any atom is 0.240 e. The summed E-state index contributed by atoms with van der Waals surface area (Å²) in [7, 11) is -3.66. The first kappa shape index (κ1) is 19.5. The van der Waals surface area contributed by atoms with E-state index in [1.54, 1.807) is 6.07 Å². The maximum absolute atomic E-state index is 12.4. The molecule has 0 atom stereocenters. The summed E-state index contributed by atoms with van der Waals surface area (Å²) in [5, 5.41) is 0.668. The number of hydrogen-bond donors (Lipinski definition) is 1. The first-order chi connectivity index (χ1) is 12.9. The summed E-state index contributed by atoms with van der Waals surface area (Å²) in [5.41, 5.74) is 1.36. The zero-order valence-electron chi connectivity index (χ0n) is 14.5. The van der Waals surface area contributed by atoms with E-state index < -0.39 is 10.0 Å². The standard InChI is InChI=1S/C19H19ClN2O4S/c20-17-6-2-1-4-14(17)5-3-13-21-27(25,26)16-9-7-15(8-10-16)22-18(23)11-12-19(22)24/h1-2,4,6-10,21H,3,5,11-13H2. The number of aryl methyl sites for hydroxylation is 1. The van der Waals surface area contributed by atoms with Crippen LogP contribution in [0.2, 0.25) is 5.02 Å². The summed E-state index contributed by atoms with van der Waals surface area (Å²) in [6, 6.07) is 13.2. The Kier molecular flexibility index (Phi) is 5.94. The van der Waals surface area contributed by atoms with Crippen LogP contribution in [0.15, 0.2) is 53.4 Å². The van der Waals surface area contributed by atoms with Crippen molar-refractivity contribution in [2.75, 3.05) is 11.4 Å². The highest BCUT2D eigenvalue weighted by molar-refractivity contribution is 7.89. The van der Waals surface area contributed by atoms with Crippen molar-refractivity contribution >= 4 is 39.1 Å². The molecule has 2 amide bonds. The maximum atomic E-state index is 12.4. The van der Waals surface area contributed by atoms with Gasteiger partial charge in [0.15, 0.2) is 0 Å². The van der Waals surface area contributed by atoms with E-state index in [-0.39, 0.29) is 36.1 Å². The normalized spacial score (nSPS) is 14.8. The molecule has 1 N–H and O–H groups in total. The van der Waals surface area contributed by atoms with Crippen LogP contribution in [0.5, 0.6) is 0 Å². The minimum absolute atomic E-state index is 0.0862. The Morgan fingerprint density at radius 2 is 1.59 bits per heavy atom. The van der Waals surface area contributed by atoms with Gasteiger partial charge in [0.2, 0.25) is 21.8 Å². The van der Waals surface area contributed by atoms with Gasteiger partial charge in [0, 0.05) is 24.4 Å². The Labute approximate surface area is 163 Å². The molecule has 0 saturated carbocycles. The van der Waals surface area contributed by atoms with E-state index in [1.165, 1.54) is 24.3 Å². The Balaban J connectivity index is 1.59. The van der Waals surface area contributed by atoms with Gasteiger partial charge in [-0.05, 0) is 48.7 Å². The molecule has 27 heavy (non-hydrogen) atoms. The molecule has 1 saturated heterocycles. The predicted molar refractivity (Wildman–Crippen MR) is 103 cm³/mol. The van der Waals surface area contributed by atoms with E-state index >= 15 is 0 Å². The first-order valence-electron chi connectivity index (χ1n) is 8.57. The van der Waals surface area contributed by atoms with Crippen LogP contribution >= 0.6 is 11.6 Å². The van der Waals surface area contributed by atoms with Gasteiger partial charge in [0.1, 0.15) is 0 Å². The lowest BCUT2D eigenvalue weighted by Crippen LogP contribution is -2.29. The zero-order valence-corrected chi connectivity index (χ0v) is 16.1. The van der Waals surface area contributed by atoms with Crippen LogP contribution in [-0.2, 0) is 26.0 Å². The van der Waals surface area contributed by atoms with Gasteiger partial charge in [0.25, 0.3) is 0 Å². The number of nitrogens with zero attached hydrogens (tertiary/aromatic N) is 1. The van der Waals surface area contributed by atoms with E-state index in [0.29, 0.717) is 23.6 Å². The highest BCUT2D eigenvalue weighted by atomic mass is 35.5. The summed E-state index contributed by atoms with van der Waals surface area (Å²) in [4.78, 5) is 24.7. The van der Waals surface area contributed by atoms with E-state index in [0.717, 1.165) is 10.5 Å². The number of carbonyl (C=O) groups excluding carboxylic acids is 2. The van der Waals surface area contributed by atoms with Crippen molar-refractivity contribution in [2.45, 2.75) is 30.6 Å². The molecule has 142 valence electrons. The van der Waals surface area contributed by atoms with Crippen molar-refractivity contribution in [3.05, 3.63) is 59.1 Å². The molecule has 2 aromatic carbocycles. The number of anilines is 1. The third-order valence-corrected chi connectivity index (χ3v) is 6.18. The average Bonchev–Trinajstić information content (AvgIpc) is 2.99. The van der Waals surface area contributed by atoms with Gasteiger partial charge in [-0.1, -0.05) is 29.8 Å². The van der Waals surface area contributed by atoms with Crippen molar-refractivity contribution < 1.29 is 18.0 Å². The molecule has 8 heteroatoms. The van der Waals surface area contributed by atoms with Crippen LogP contribution in [0, 0.1) is 0 Å². The third kappa shape index (κ3) is 4.55. The molecule has 1 heterocycles. The number of amides is 2. The van der Waals surface area contributed by atoms with Crippen molar-refractivity contribution in [1.82, 2.24) is 4.72 Å². The van der Waals surface area contributed by atoms with Crippen molar-refractivity contribution in [2.24, 2.45) is 0 Å². The highest BCUT2D eigenvalue weighted by Gasteiger charge is 2.30. The van der Waals surface area contributed by atoms with E-state index in [2.05, 4.69) is 4.72 Å². The minimum Gasteiger partial charge on any atom is -0.274 e. The largest absolute Gasteiger partial charge is 0.274 e. The summed E-state index contributed by atoms with van der Waals surface area (Å²) in [5.74, 6) is -0.540. The molecule has 0 aliphatic carbocycles. The van der Waals surface area contributed by atoms with Crippen molar-refractivity contribution in [3.63, 3.8) is 0 Å². The molecule has 0 radical (unpaired) electrons. The molecular formula is C19H19ClN2O4S. The monoisotopic (exact) mass is 406 g/mol. The fourth-order valence-corrected chi connectivity index (χ4v) is 4.21. The van der Waals surface area contributed by atoms with Crippen LogP contribution in [0.3, 0.4) is 0 Å². The number of benzene rings is 2. The lowest BCUT2D eigenvalue weighted by molar-refractivity contribution is -0.121. The van der Waals surface area contributed by atoms with E-state index in [9.17, 15) is 18.0 Å². The summed E-state index contributed by atoms with van der Waals surface area (Å²) < 4.78 is 27.3. The molecular weight excluding hydrogens is 388 g/mol.